The van der Waals surface area contributed by atoms with Gasteiger partial charge in [0.1, 0.15) is 11.8 Å². The van der Waals surface area contributed by atoms with E-state index < -0.39 is 0 Å². The Balaban J connectivity index is 1.99. The summed E-state index contributed by atoms with van der Waals surface area (Å²) in [5, 5.41) is 12.8. The van der Waals surface area contributed by atoms with E-state index in [0.29, 0.717) is 23.0 Å². The van der Waals surface area contributed by atoms with Gasteiger partial charge in [0, 0.05) is 23.1 Å². The molecule has 6 nitrogen and oxygen atoms in total. The lowest BCUT2D eigenvalue weighted by Gasteiger charge is -1.98. The van der Waals surface area contributed by atoms with E-state index in [1.165, 1.54) is 0 Å². The number of pyridine rings is 1. The van der Waals surface area contributed by atoms with E-state index in [0.717, 1.165) is 17.0 Å². The Morgan fingerprint density at radius 1 is 1.15 bits per heavy atom. The molecule has 0 saturated heterocycles. The SMILES string of the molecule is Cc1cc(-c2noc(-c3cc(C#N)c[nH]3)n2)cc(C)n1. The van der Waals surface area contributed by atoms with E-state index in [-0.39, 0.29) is 0 Å². The minimum absolute atomic E-state index is 0.355. The molecule has 6 heteroatoms. The summed E-state index contributed by atoms with van der Waals surface area (Å²) in [5.74, 6) is 0.857. The fraction of sp³-hybridized carbons (Fsp3) is 0.143. The Hall–Kier alpha value is -2.94. The maximum atomic E-state index is 8.80. The van der Waals surface area contributed by atoms with Crippen LogP contribution in [0.4, 0.5) is 0 Å². The smallest absolute Gasteiger partial charge is 0.274 e. The molecule has 0 fully saturated rings. The van der Waals surface area contributed by atoms with E-state index in [1.54, 1.807) is 12.3 Å². The normalized spacial score (nSPS) is 10.4. The number of aromatic nitrogens is 4. The molecule has 20 heavy (non-hydrogen) atoms. The second-order valence-electron chi connectivity index (χ2n) is 4.48. The second kappa shape index (κ2) is 4.63. The van der Waals surface area contributed by atoms with Crippen LogP contribution in [0, 0.1) is 25.2 Å². The van der Waals surface area contributed by atoms with Gasteiger partial charge in [-0.25, -0.2) is 0 Å². The molecular weight excluding hydrogens is 254 g/mol. The standard InChI is InChI=1S/C14H11N5O/c1-8-3-11(4-9(2)17-8)13-18-14(20-19-13)12-5-10(6-15)7-16-12/h3-5,7,16H,1-2H3. The zero-order chi connectivity index (χ0) is 14.1. The topological polar surface area (TPSA) is 91.4 Å². The van der Waals surface area contributed by atoms with Crippen LogP contribution in [-0.2, 0) is 0 Å². The van der Waals surface area contributed by atoms with Gasteiger partial charge in [-0.3, -0.25) is 4.98 Å². The highest BCUT2D eigenvalue weighted by molar-refractivity contribution is 5.59. The molecule has 0 atom stereocenters. The largest absolute Gasteiger partial charge is 0.356 e. The van der Waals surface area contributed by atoms with Crippen LogP contribution in [0.3, 0.4) is 0 Å². The van der Waals surface area contributed by atoms with Gasteiger partial charge in [0.2, 0.25) is 5.82 Å². The van der Waals surface area contributed by atoms with Crippen molar-refractivity contribution in [2.75, 3.05) is 0 Å². The molecule has 0 aliphatic rings. The molecule has 3 heterocycles. The van der Waals surface area contributed by atoms with Crippen LogP contribution in [-0.4, -0.2) is 20.1 Å². The summed E-state index contributed by atoms with van der Waals surface area (Å²) in [6.45, 7) is 3.84. The van der Waals surface area contributed by atoms with Gasteiger partial charge in [-0.2, -0.15) is 10.2 Å². The molecule has 3 rings (SSSR count). The number of H-pyrrole nitrogens is 1. The summed E-state index contributed by atoms with van der Waals surface area (Å²) in [5.41, 5.74) is 3.81. The van der Waals surface area contributed by atoms with Crippen LogP contribution in [0.25, 0.3) is 23.0 Å². The summed E-state index contributed by atoms with van der Waals surface area (Å²) in [6.07, 6.45) is 1.60. The molecule has 0 saturated carbocycles. The van der Waals surface area contributed by atoms with Crippen molar-refractivity contribution >= 4 is 0 Å². The highest BCUT2D eigenvalue weighted by atomic mass is 16.5. The van der Waals surface area contributed by atoms with Crippen molar-refractivity contribution in [1.29, 1.82) is 5.26 Å². The molecule has 0 unspecified atom stereocenters. The maximum Gasteiger partial charge on any atom is 0.274 e. The van der Waals surface area contributed by atoms with Gasteiger partial charge in [-0.05, 0) is 32.0 Å². The second-order valence-corrected chi connectivity index (χ2v) is 4.48. The molecule has 3 aromatic rings. The average molecular weight is 265 g/mol. The number of aryl methyl sites for hydroxylation is 2. The first kappa shape index (κ1) is 12.1. The van der Waals surface area contributed by atoms with Gasteiger partial charge < -0.3 is 9.51 Å². The number of rotatable bonds is 2. The minimum Gasteiger partial charge on any atom is -0.356 e. The first-order chi connectivity index (χ1) is 9.65. The summed E-state index contributed by atoms with van der Waals surface area (Å²) in [7, 11) is 0. The van der Waals surface area contributed by atoms with Crippen molar-refractivity contribution in [2.45, 2.75) is 13.8 Å². The molecule has 0 aliphatic carbocycles. The maximum absolute atomic E-state index is 8.80. The third kappa shape index (κ3) is 2.17. The zero-order valence-electron chi connectivity index (χ0n) is 11.0. The van der Waals surface area contributed by atoms with E-state index in [4.69, 9.17) is 9.78 Å². The van der Waals surface area contributed by atoms with Crippen molar-refractivity contribution in [3.05, 3.63) is 41.3 Å². The van der Waals surface area contributed by atoms with Crippen LogP contribution in [0.5, 0.6) is 0 Å². The quantitative estimate of drug-likeness (QED) is 0.769. The molecule has 98 valence electrons. The predicted octanol–water partition coefficient (Wildman–Crippen LogP) is 2.62. The highest BCUT2D eigenvalue weighted by Gasteiger charge is 2.13. The number of nitrogens with zero attached hydrogens (tertiary/aromatic N) is 4. The summed E-state index contributed by atoms with van der Waals surface area (Å²) in [4.78, 5) is 11.6. The average Bonchev–Trinajstić information content (AvgIpc) is 3.06. The Bertz CT molecular complexity index is 789. The van der Waals surface area contributed by atoms with Crippen molar-refractivity contribution in [3.8, 4) is 29.0 Å². The molecule has 1 N–H and O–H groups in total. The lowest BCUT2D eigenvalue weighted by Crippen LogP contribution is -1.89. The van der Waals surface area contributed by atoms with Crippen molar-refractivity contribution in [1.82, 2.24) is 20.1 Å². The minimum atomic E-state index is 0.355. The predicted molar refractivity (Wildman–Crippen MR) is 71.5 cm³/mol. The van der Waals surface area contributed by atoms with E-state index in [9.17, 15) is 0 Å². The number of hydrogen-bond donors (Lipinski definition) is 1. The monoisotopic (exact) mass is 265 g/mol. The van der Waals surface area contributed by atoms with Gasteiger partial charge >= 0.3 is 0 Å². The van der Waals surface area contributed by atoms with Crippen LogP contribution in [0.2, 0.25) is 0 Å². The summed E-state index contributed by atoms with van der Waals surface area (Å²) in [6, 6.07) is 7.51. The molecule has 0 aromatic carbocycles. The third-order valence-corrected chi connectivity index (χ3v) is 2.81. The van der Waals surface area contributed by atoms with Gasteiger partial charge in [-0.1, -0.05) is 5.16 Å². The van der Waals surface area contributed by atoms with Crippen LogP contribution in [0.1, 0.15) is 17.0 Å². The molecule has 0 radical (unpaired) electrons. The Morgan fingerprint density at radius 3 is 2.55 bits per heavy atom. The molecule has 0 amide bonds. The lowest BCUT2D eigenvalue weighted by atomic mass is 10.2. The van der Waals surface area contributed by atoms with Crippen LogP contribution < -0.4 is 0 Å². The lowest BCUT2D eigenvalue weighted by molar-refractivity contribution is 0.431. The van der Waals surface area contributed by atoms with Crippen molar-refractivity contribution < 1.29 is 4.52 Å². The first-order valence-corrected chi connectivity index (χ1v) is 6.04. The van der Waals surface area contributed by atoms with E-state index in [2.05, 4.69) is 20.1 Å². The Morgan fingerprint density at radius 2 is 1.90 bits per heavy atom. The molecule has 3 aromatic heterocycles. The summed E-state index contributed by atoms with van der Waals surface area (Å²) >= 11 is 0. The number of nitriles is 1. The molecule has 0 bridgehead atoms. The van der Waals surface area contributed by atoms with E-state index >= 15 is 0 Å². The van der Waals surface area contributed by atoms with Crippen molar-refractivity contribution in [3.63, 3.8) is 0 Å². The number of nitrogens with one attached hydrogen (secondary N) is 1. The molecule has 0 spiro atoms. The van der Waals surface area contributed by atoms with E-state index in [1.807, 2.05) is 32.0 Å². The number of hydrogen-bond acceptors (Lipinski definition) is 5. The highest BCUT2D eigenvalue weighted by Crippen LogP contribution is 2.22. The fourth-order valence-corrected chi connectivity index (χ4v) is 2.00. The zero-order valence-corrected chi connectivity index (χ0v) is 11.0. The molecule has 0 aliphatic heterocycles. The Kier molecular flexibility index (Phi) is 2.80. The Labute approximate surface area is 115 Å². The van der Waals surface area contributed by atoms with Crippen molar-refractivity contribution in [2.24, 2.45) is 0 Å². The third-order valence-electron chi connectivity index (χ3n) is 2.81. The number of aromatic amines is 1. The summed E-state index contributed by atoms with van der Waals surface area (Å²) < 4.78 is 5.22. The van der Waals surface area contributed by atoms with Crippen LogP contribution in [0.15, 0.2) is 28.9 Å². The van der Waals surface area contributed by atoms with Gasteiger partial charge in [0.15, 0.2) is 0 Å². The fourth-order valence-electron chi connectivity index (χ4n) is 2.00. The van der Waals surface area contributed by atoms with Gasteiger partial charge in [0.25, 0.3) is 5.89 Å². The first-order valence-electron chi connectivity index (χ1n) is 6.04. The van der Waals surface area contributed by atoms with Crippen LogP contribution >= 0.6 is 0 Å². The van der Waals surface area contributed by atoms with Gasteiger partial charge in [-0.15, -0.1) is 0 Å². The molecular formula is C14H11N5O. The van der Waals surface area contributed by atoms with Gasteiger partial charge in [0.05, 0.1) is 5.56 Å².